The average Bonchev–Trinajstić information content (AvgIpc) is 2.99. The lowest BCUT2D eigenvalue weighted by molar-refractivity contribution is 0.0410. The van der Waals surface area contributed by atoms with Crippen molar-refractivity contribution in [3.63, 3.8) is 0 Å². The summed E-state index contributed by atoms with van der Waals surface area (Å²) < 4.78 is 7.72. The van der Waals surface area contributed by atoms with E-state index < -0.39 is 0 Å². The number of hydrogen-bond acceptors (Lipinski definition) is 6. The fourth-order valence-corrected chi connectivity index (χ4v) is 4.33. The van der Waals surface area contributed by atoms with Gasteiger partial charge in [-0.05, 0) is 25.5 Å². The fourth-order valence-electron chi connectivity index (χ4n) is 3.55. The number of thioether (sulfide) groups is 1. The van der Waals surface area contributed by atoms with E-state index in [4.69, 9.17) is 9.72 Å². The first-order valence-electron chi connectivity index (χ1n) is 9.82. The van der Waals surface area contributed by atoms with Crippen LogP contribution in [0.25, 0.3) is 22.1 Å². The number of rotatable bonds is 7. The minimum atomic E-state index is 0.771. The molecule has 0 radical (unpaired) electrons. The molecule has 3 aromatic rings. The largest absolute Gasteiger partial charge is 0.379 e. The number of hydrogen-bond donors (Lipinski definition) is 0. The van der Waals surface area contributed by atoms with Crippen LogP contribution in [0, 0.1) is 6.92 Å². The summed E-state index contributed by atoms with van der Waals surface area (Å²) in [5.41, 5.74) is 4.33. The second kappa shape index (κ2) is 8.54. The Morgan fingerprint density at radius 1 is 1.15 bits per heavy atom. The van der Waals surface area contributed by atoms with Crippen LogP contribution >= 0.6 is 11.8 Å². The number of morpholine rings is 1. The Morgan fingerprint density at radius 3 is 2.81 bits per heavy atom. The van der Waals surface area contributed by atoms with Crippen molar-refractivity contribution in [2.75, 3.05) is 38.6 Å². The van der Waals surface area contributed by atoms with Crippen LogP contribution in [0.2, 0.25) is 0 Å². The van der Waals surface area contributed by atoms with Crippen LogP contribution in [0.3, 0.4) is 0 Å². The predicted molar refractivity (Wildman–Crippen MR) is 110 cm³/mol. The molecule has 4 rings (SSSR count). The van der Waals surface area contributed by atoms with Crippen molar-refractivity contribution in [2.24, 2.45) is 0 Å². The van der Waals surface area contributed by atoms with E-state index in [1.807, 2.05) is 0 Å². The molecule has 144 valence electrons. The number of nitrogens with zero attached hydrogens (tertiary/aromatic N) is 5. The van der Waals surface area contributed by atoms with Gasteiger partial charge in [0.25, 0.3) is 0 Å². The molecule has 0 atom stereocenters. The zero-order chi connectivity index (χ0) is 18.6. The van der Waals surface area contributed by atoms with E-state index in [-0.39, 0.29) is 0 Å². The van der Waals surface area contributed by atoms with Gasteiger partial charge in [0.05, 0.1) is 18.7 Å². The first-order chi connectivity index (χ1) is 13.3. The van der Waals surface area contributed by atoms with Crippen molar-refractivity contribution in [1.29, 1.82) is 0 Å². The molecule has 6 nitrogen and oxygen atoms in total. The first kappa shape index (κ1) is 18.7. The summed E-state index contributed by atoms with van der Waals surface area (Å²) in [6, 6.07) is 6.55. The molecule has 0 bridgehead atoms. The lowest BCUT2D eigenvalue weighted by Crippen LogP contribution is -2.37. The number of benzene rings is 1. The second-order valence-electron chi connectivity index (χ2n) is 7.09. The molecule has 0 aliphatic carbocycles. The van der Waals surface area contributed by atoms with Crippen LogP contribution in [0.15, 0.2) is 23.4 Å². The topological polar surface area (TPSA) is 56.1 Å². The minimum Gasteiger partial charge on any atom is -0.379 e. The summed E-state index contributed by atoms with van der Waals surface area (Å²) in [4.78, 5) is 7.32. The predicted octanol–water partition coefficient (Wildman–Crippen LogP) is 3.51. The van der Waals surface area contributed by atoms with E-state index in [2.05, 4.69) is 51.7 Å². The van der Waals surface area contributed by atoms with Crippen LogP contribution in [-0.4, -0.2) is 63.2 Å². The summed E-state index contributed by atoms with van der Waals surface area (Å²) in [5, 5.41) is 10.9. The Bertz CT molecular complexity index is 920. The van der Waals surface area contributed by atoms with Gasteiger partial charge in [-0.1, -0.05) is 36.7 Å². The van der Waals surface area contributed by atoms with Gasteiger partial charge in [0.2, 0.25) is 5.16 Å². The van der Waals surface area contributed by atoms with Gasteiger partial charge in [0.1, 0.15) is 5.52 Å². The van der Waals surface area contributed by atoms with E-state index in [9.17, 15) is 0 Å². The Kier molecular flexibility index (Phi) is 5.90. The van der Waals surface area contributed by atoms with Crippen molar-refractivity contribution in [3.8, 4) is 0 Å². The molecule has 1 aliphatic rings. The van der Waals surface area contributed by atoms with Gasteiger partial charge in [-0.2, -0.15) is 0 Å². The Labute approximate surface area is 164 Å². The van der Waals surface area contributed by atoms with Gasteiger partial charge in [-0.3, -0.25) is 4.90 Å². The van der Waals surface area contributed by atoms with Crippen molar-refractivity contribution in [2.45, 2.75) is 38.4 Å². The maximum atomic E-state index is 5.41. The summed E-state index contributed by atoms with van der Waals surface area (Å²) in [6.45, 7) is 10.1. The van der Waals surface area contributed by atoms with Crippen LogP contribution in [0.4, 0.5) is 0 Å². The molecule has 27 heavy (non-hydrogen) atoms. The maximum Gasteiger partial charge on any atom is 0.211 e. The maximum absolute atomic E-state index is 5.41. The summed E-state index contributed by atoms with van der Waals surface area (Å²) in [7, 11) is 0. The highest BCUT2D eigenvalue weighted by Crippen LogP contribution is 2.28. The summed E-state index contributed by atoms with van der Waals surface area (Å²) in [5.74, 6) is 0.974. The number of aromatic nitrogens is 4. The van der Waals surface area contributed by atoms with Gasteiger partial charge in [0.15, 0.2) is 5.65 Å². The molecule has 0 amide bonds. The fraction of sp³-hybridized carbons (Fsp3) is 0.550. The van der Waals surface area contributed by atoms with Crippen LogP contribution in [-0.2, 0) is 11.3 Å². The van der Waals surface area contributed by atoms with Crippen molar-refractivity contribution < 1.29 is 4.74 Å². The zero-order valence-electron chi connectivity index (χ0n) is 16.1. The standard InChI is InChI=1S/C20H27N5OS/c1-3-4-7-25-17-6-5-15(2)14-16(17)18-19(25)21-20(23-22-18)27-13-10-24-8-11-26-12-9-24/h5-6,14H,3-4,7-13H2,1-2H3. The molecular weight excluding hydrogens is 358 g/mol. The van der Waals surface area contributed by atoms with E-state index >= 15 is 0 Å². The minimum absolute atomic E-state index is 0.771. The molecule has 0 saturated carbocycles. The molecule has 1 fully saturated rings. The molecule has 7 heteroatoms. The van der Waals surface area contributed by atoms with Gasteiger partial charge < -0.3 is 9.30 Å². The lowest BCUT2D eigenvalue weighted by Gasteiger charge is -2.26. The van der Waals surface area contributed by atoms with Gasteiger partial charge >= 0.3 is 0 Å². The summed E-state index contributed by atoms with van der Waals surface area (Å²) in [6.07, 6.45) is 2.29. The molecule has 1 aliphatic heterocycles. The molecule has 0 spiro atoms. The highest BCUT2D eigenvalue weighted by molar-refractivity contribution is 7.99. The van der Waals surface area contributed by atoms with Gasteiger partial charge in [-0.15, -0.1) is 10.2 Å². The molecule has 0 unspecified atom stereocenters. The molecule has 0 N–H and O–H groups in total. The van der Waals surface area contributed by atoms with E-state index in [0.29, 0.717) is 0 Å². The highest BCUT2D eigenvalue weighted by Gasteiger charge is 2.16. The third kappa shape index (κ3) is 4.10. The third-order valence-corrected chi connectivity index (χ3v) is 5.90. The highest BCUT2D eigenvalue weighted by atomic mass is 32.2. The first-order valence-corrected chi connectivity index (χ1v) is 10.8. The lowest BCUT2D eigenvalue weighted by atomic mass is 10.2. The van der Waals surface area contributed by atoms with Crippen molar-refractivity contribution in [3.05, 3.63) is 23.8 Å². The van der Waals surface area contributed by atoms with Gasteiger partial charge in [0, 0.05) is 37.3 Å². The smallest absolute Gasteiger partial charge is 0.211 e. The zero-order valence-corrected chi connectivity index (χ0v) is 17.0. The number of ether oxygens (including phenoxy) is 1. The van der Waals surface area contributed by atoms with Crippen molar-refractivity contribution >= 4 is 33.8 Å². The number of fused-ring (bicyclic) bond motifs is 3. The molecular formula is C20H27N5OS. The third-order valence-electron chi connectivity index (χ3n) is 5.08. The molecule has 1 aromatic carbocycles. The molecule has 3 heterocycles. The van der Waals surface area contributed by atoms with Crippen LogP contribution in [0.5, 0.6) is 0 Å². The van der Waals surface area contributed by atoms with E-state index in [1.165, 1.54) is 11.1 Å². The monoisotopic (exact) mass is 385 g/mol. The summed E-state index contributed by atoms with van der Waals surface area (Å²) >= 11 is 1.69. The molecule has 1 saturated heterocycles. The normalized spacial score (nSPS) is 15.8. The quantitative estimate of drug-likeness (QED) is 0.580. The van der Waals surface area contributed by atoms with E-state index in [1.54, 1.807) is 11.8 Å². The average molecular weight is 386 g/mol. The van der Waals surface area contributed by atoms with Crippen LogP contribution < -0.4 is 0 Å². The van der Waals surface area contributed by atoms with Crippen molar-refractivity contribution in [1.82, 2.24) is 24.6 Å². The number of aryl methyl sites for hydroxylation is 2. The Morgan fingerprint density at radius 2 is 2.00 bits per heavy atom. The Hall–Kier alpha value is -1.70. The Balaban J connectivity index is 1.59. The molecule has 2 aromatic heterocycles. The van der Waals surface area contributed by atoms with Gasteiger partial charge in [-0.25, -0.2) is 4.98 Å². The number of unbranched alkanes of at least 4 members (excludes halogenated alkanes) is 1. The SMILES string of the molecule is CCCCn1c2ccc(C)cc2c2nnc(SCCN3CCOCC3)nc21. The van der Waals surface area contributed by atoms with E-state index in [0.717, 1.165) is 79.7 Å². The van der Waals surface area contributed by atoms with Crippen LogP contribution in [0.1, 0.15) is 25.3 Å². The second-order valence-corrected chi connectivity index (χ2v) is 8.16.